The summed E-state index contributed by atoms with van der Waals surface area (Å²) < 4.78 is 2.14. The Bertz CT molecular complexity index is 671. The van der Waals surface area contributed by atoms with Crippen LogP contribution in [0, 0.1) is 0 Å². The lowest BCUT2D eigenvalue weighted by Crippen LogP contribution is -2.25. The van der Waals surface area contributed by atoms with Crippen LogP contribution in [-0.4, -0.2) is 32.8 Å². The molecule has 0 bridgehead atoms. The highest BCUT2D eigenvalue weighted by molar-refractivity contribution is 5.31. The van der Waals surface area contributed by atoms with E-state index in [-0.39, 0.29) is 0 Å². The summed E-state index contributed by atoms with van der Waals surface area (Å²) in [6, 6.07) is 0.396. The van der Waals surface area contributed by atoms with E-state index in [2.05, 4.69) is 36.9 Å². The fourth-order valence-corrected chi connectivity index (χ4v) is 3.86. The number of anilines is 1. The first-order chi connectivity index (χ1) is 11.8. The van der Waals surface area contributed by atoms with Gasteiger partial charge < -0.3 is 10.2 Å². The second-order valence-corrected chi connectivity index (χ2v) is 6.77. The van der Waals surface area contributed by atoms with E-state index < -0.39 is 0 Å². The molecule has 128 valence electrons. The van der Waals surface area contributed by atoms with Gasteiger partial charge in [-0.1, -0.05) is 0 Å². The summed E-state index contributed by atoms with van der Waals surface area (Å²) >= 11 is 0. The van der Waals surface area contributed by atoms with Gasteiger partial charge in [-0.25, -0.2) is 9.97 Å². The predicted octanol–water partition coefficient (Wildman–Crippen LogP) is 2.46. The second-order valence-electron chi connectivity index (χ2n) is 6.77. The quantitative estimate of drug-likeness (QED) is 0.914. The lowest BCUT2D eigenvalue weighted by atomic mass is 9.93. The molecule has 2 aliphatic rings. The summed E-state index contributed by atoms with van der Waals surface area (Å²) in [4.78, 5) is 11.4. The zero-order chi connectivity index (χ0) is 16.4. The molecule has 3 heterocycles. The molecule has 24 heavy (non-hydrogen) atoms. The first-order valence-corrected chi connectivity index (χ1v) is 9.19. The van der Waals surface area contributed by atoms with Crippen LogP contribution < -0.4 is 10.2 Å². The molecule has 0 radical (unpaired) electrons. The van der Waals surface area contributed by atoms with E-state index >= 15 is 0 Å². The minimum absolute atomic E-state index is 0.396. The fourth-order valence-electron chi connectivity index (χ4n) is 3.86. The van der Waals surface area contributed by atoms with Crippen molar-refractivity contribution in [2.24, 2.45) is 0 Å². The zero-order valence-corrected chi connectivity index (χ0v) is 14.4. The zero-order valence-electron chi connectivity index (χ0n) is 14.4. The van der Waals surface area contributed by atoms with Gasteiger partial charge in [0.15, 0.2) is 0 Å². The third kappa shape index (κ3) is 3.02. The third-order valence-electron chi connectivity index (χ3n) is 5.20. The Labute approximate surface area is 143 Å². The van der Waals surface area contributed by atoms with Gasteiger partial charge >= 0.3 is 0 Å². The largest absolute Gasteiger partial charge is 0.341 e. The van der Waals surface area contributed by atoms with Crippen molar-refractivity contribution in [3.63, 3.8) is 0 Å². The van der Waals surface area contributed by atoms with Gasteiger partial charge in [0.1, 0.15) is 0 Å². The monoisotopic (exact) mass is 326 g/mol. The molecule has 1 fully saturated rings. The molecule has 0 amide bonds. The Hall–Kier alpha value is -1.95. The van der Waals surface area contributed by atoms with Crippen molar-refractivity contribution in [1.29, 1.82) is 0 Å². The van der Waals surface area contributed by atoms with Crippen LogP contribution in [0.25, 0.3) is 0 Å². The van der Waals surface area contributed by atoms with Gasteiger partial charge in [-0.3, -0.25) is 4.68 Å². The minimum Gasteiger partial charge on any atom is -0.341 e. The van der Waals surface area contributed by atoms with E-state index in [1.807, 2.05) is 18.6 Å². The van der Waals surface area contributed by atoms with Crippen molar-refractivity contribution < 1.29 is 0 Å². The first kappa shape index (κ1) is 15.6. The Morgan fingerprint density at radius 2 is 1.92 bits per heavy atom. The van der Waals surface area contributed by atoms with Crippen LogP contribution in [0.3, 0.4) is 0 Å². The molecule has 6 nitrogen and oxygen atoms in total. The smallest absolute Gasteiger partial charge is 0.225 e. The van der Waals surface area contributed by atoms with Crippen LogP contribution in [-0.2, 0) is 19.5 Å². The summed E-state index contributed by atoms with van der Waals surface area (Å²) in [6.07, 6.45) is 12.0. The topological polar surface area (TPSA) is 58.9 Å². The van der Waals surface area contributed by atoms with Gasteiger partial charge in [0.05, 0.1) is 6.20 Å². The summed E-state index contributed by atoms with van der Waals surface area (Å²) in [5, 5.41) is 8.20. The van der Waals surface area contributed by atoms with Gasteiger partial charge in [-0.2, -0.15) is 5.10 Å². The number of hydrogen-bond donors (Lipinski definition) is 1. The Balaban J connectivity index is 1.39. The molecule has 4 rings (SSSR count). The van der Waals surface area contributed by atoms with Crippen LogP contribution in [0.5, 0.6) is 0 Å². The second kappa shape index (κ2) is 6.89. The van der Waals surface area contributed by atoms with Crippen LogP contribution in [0.2, 0.25) is 0 Å². The highest BCUT2D eigenvalue weighted by atomic mass is 15.3. The minimum atomic E-state index is 0.396. The Morgan fingerprint density at radius 3 is 2.67 bits per heavy atom. The van der Waals surface area contributed by atoms with Crippen LogP contribution in [0.1, 0.15) is 55.5 Å². The molecule has 0 spiro atoms. The van der Waals surface area contributed by atoms with Gasteiger partial charge in [-0.15, -0.1) is 0 Å². The summed E-state index contributed by atoms with van der Waals surface area (Å²) in [7, 11) is 0. The number of aromatic nitrogens is 4. The molecule has 2 aromatic rings. The van der Waals surface area contributed by atoms with E-state index in [0.29, 0.717) is 6.04 Å². The molecule has 0 saturated carbocycles. The third-order valence-corrected chi connectivity index (χ3v) is 5.20. The number of nitrogens with one attached hydrogen (secondary N) is 1. The number of hydrogen-bond acceptors (Lipinski definition) is 5. The fraction of sp³-hybridized carbons (Fsp3) is 0.611. The molecule has 2 aromatic heterocycles. The maximum absolute atomic E-state index is 4.54. The molecule has 6 heteroatoms. The maximum atomic E-state index is 4.54. The summed E-state index contributed by atoms with van der Waals surface area (Å²) in [6.45, 7) is 6.09. The van der Waals surface area contributed by atoms with Gasteiger partial charge in [0.2, 0.25) is 5.95 Å². The first-order valence-electron chi connectivity index (χ1n) is 9.19. The van der Waals surface area contributed by atoms with Crippen molar-refractivity contribution in [2.45, 2.75) is 58.2 Å². The number of aryl methyl sites for hydroxylation is 1. The molecule has 1 unspecified atom stereocenters. The molecule has 1 saturated heterocycles. The lowest BCUT2D eigenvalue weighted by molar-refractivity contribution is 0.447. The molecule has 1 N–H and O–H groups in total. The van der Waals surface area contributed by atoms with Gasteiger partial charge in [0, 0.05) is 61.4 Å². The van der Waals surface area contributed by atoms with Crippen molar-refractivity contribution >= 4 is 5.95 Å². The van der Waals surface area contributed by atoms with Crippen molar-refractivity contribution in [2.75, 3.05) is 18.0 Å². The molecular formula is C18H26N6. The normalized spacial score (nSPS) is 20.4. The van der Waals surface area contributed by atoms with E-state index in [0.717, 1.165) is 44.1 Å². The SMILES string of the molecule is CCn1ncc2c1CCCC2NCc1cnc(N2CCCC2)nc1. The molecule has 0 aromatic carbocycles. The van der Waals surface area contributed by atoms with Crippen LogP contribution >= 0.6 is 0 Å². The lowest BCUT2D eigenvalue weighted by Gasteiger charge is -2.24. The highest BCUT2D eigenvalue weighted by Crippen LogP contribution is 2.29. The van der Waals surface area contributed by atoms with Crippen molar-refractivity contribution in [3.05, 3.63) is 35.4 Å². The molecule has 1 aliphatic carbocycles. The molecule has 1 aliphatic heterocycles. The summed E-state index contributed by atoms with van der Waals surface area (Å²) in [5.74, 6) is 0.875. The molecular weight excluding hydrogens is 300 g/mol. The van der Waals surface area contributed by atoms with Crippen molar-refractivity contribution in [3.8, 4) is 0 Å². The van der Waals surface area contributed by atoms with E-state index in [1.165, 1.54) is 36.9 Å². The average molecular weight is 326 g/mol. The van der Waals surface area contributed by atoms with Crippen molar-refractivity contribution in [1.82, 2.24) is 25.1 Å². The molecule has 1 atom stereocenters. The number of fused-ring (bicyclic) bond motifs is 1. The van der Waals surface area contributed by atoms with Crippen LogP contribution in [0.15, 0.2) is 18.6 Å². The standard InChI is InChI=1S/C18H26N6/c1-2-24-17-7-5-6-16(15(17)13-22-24)19-10-14-11-20-18(21-12-14)23-8-3-4-9-23/h11-13,16,19H,2-10H2,1H3. The number of rotatable bonds is 5. The van der Waals surface area contributed by atoms with E-state index in [4.69, 9.17) is 0 Å². The summed E-state index contributed by atoms with van der Waals surface area (Å²) in [5.41, 5.74) is 3.92. The average Bonchev–Trinajstić information content (AvgIpc) is 3.30. The van der Waals surface area contributed by atoms with E-state index in [1.54, 1.807) is 0 Å². The van der Waals surface area contributed by atoms with Crippen LogP contribution in [0.4, 0.5) is 5.95 Å². The Morgan fingerprint density at radius 1 is 1.12 bits per heavy atom. The number of nitrogens with zero attached hydrogens (tertiary/aromatic N) is 5. The predicted molar refractivity (Wildman–Crippen MR) is 93.9 cm³/mol. The maximum Gasteiger partial charge on any atom is 0.225 e. The Kier molecular flexibility index (Phi) is 4.47. The van der Waals surface area contributed by atoms with Gasteiger partial charge in [-0.05, 0) is 39.0 Å². The van der Waals surface area contributed by atoms with E-state index in [9.17, 15) is 0 Å². The highest BCUT2D eigenvalue weighted by Gasteiger charge is 2.23. The van der Waals surface area contributed by atoms with Gasteiger partial charge in [0.25, 0.3) is 0 Å².